The molecule has 3 heteroatoms. The van der Waals surface area contributed by atoms with Gasteiger partial charge in [-0.2, -0.15) is 0 Å². The maximum absolute atomic E-state index is 10.7. The SMILES string of the molecule is CCC(NC1CCCCC1)C(=O)O. The monoisotopic (exact) mass is 185 g/mol. The Hall–Kier alpha value is -0.570. The fourth-order valence-electron chi connectivity index (χ4n) is 1.92. The van der Waals surface area contributed by atoms with Gasteiger partial charge in [-0.05, 0) is 19.3 Å². The van der Waals surface area contributed by atoms with Gasteiger partial charge in [0.2, 0.25) is 0 Å². The average molecular weight is 185 g/mol. The lowest BCUT2D eigenvalue weighted by atomic mass is 9.94. The van der Waals surface area contributed by atoms with Gasteiger partial charge in [-0.25, -0.2) is 0 Å². The molecule has 1 unspecified atom stereocenters. The van der Waals surface area contributed by atoms with Gasteiger partial charge >= 0.3 is 5.97 Å². The van der Waals surface area contributed by atoms with E-state index in [0.717, 1.165) is 12.8 Å². The van der Waals surface area contributed by atoms with Gasteiger partial charge in [-0.1, -0.05) is 26.2 Å². The van der Waals surface area contributed by atoms with Crippen molar-refractivity contribution in [2.24, 2.45) is 0 Å². The molecule has 1 aliphatic carbocycles. The molecule has 0 aromatic rings. The van der Waals surface area contributed by atoms with E-state index in [1.807, 2.05) is 6.92 Å². The first-order valence-corrected chi connectivity index (χ1v) is 5.23. The number of hydrogen-bond donors (Lipinski definition) is 2. The van der Waals surface area contributed by atoms with Crippen LogP contribution in [0.15, 0.2) is 0 Å². The zero-order chi connectivity index (χ0) is 9.68. The highest BCUT2D eigenvalue weighted by atomic mass is 16.4. The summed E-state index contributed by atoms with van der Waals surface area (Å²) >= 11 is 0. The zero-order valence-corrected chi connectivity index (χ0v) is 8.25. The Morgan fingerprint density at radius 1 is 1.46 bits per heavy atom. The highest BCUT2D eigenvalue weighted by Crippen LogP contribution is 2.18. The molecule has 1 fully saturated rings. The van der Waals surface area contributed by atoms with Crippen LogP contribution in [0.25, 0.3) is 0 Å². The van der Waals surface area contributed by atoms with Crippen molar-refractivity contribution in [2.75, 3.05) is 0 Å². The van der Waals surface area contributed by atoms with Crippen molar-refractivity contribution in [3.8, 4) is 0 Å². The van der Waals surface area contributed by atoms with E-state index in [-0.39, 0.29) is 6.04 Å². The minimum absolute atomic E-state index is 0.344. The molecular weight excluding hydrogens is 166 g/mol. The van der Waals surface area contributed by atoms with Gasteiger partial charge in [0.1, 0.15) is 6.04 Å². The Bertz CT molecular complexity index is 164. The van der Waals surface area contributed by atoms with Crippen molar-refractivity contribution in [1.82, 2.24) is 5.32 Å². The molecule has 0 spiro atoms. The minimum Gasteiger partial charge on any atom is -0.480 e. The summed E-state index contributed by atoms with van der Waals surface area (Å²) in [5, 5.41) is 12.0. The smallest absolute Gasteiger partial charge is 0.320 e. The number of nitrogens with one attached hydrogen (secondary N) is 1. The quantitative estimate of drug-likeness (QED) is 0.701. The Labute approximate surface area is 79.5 Å². The van der Waals surface area contributed by atoms with Gasteiger partial charge < -0.3 is 10.4 Å². The van der Waals surface area contributed by atoms with E-state index in [2.05, 4.69) is 5.32 Å². The van der Waals surface area contributed by atoms with Gasteiger partial charge in [-0.15, -0.1) is 0 Å². The van der Waals surface area contributed by atoms with E-state index in [1.165, 1.54) is 19.3 Å². The van der Waals surface area contributed by atoms with E-state index in [1.54, 1.807) is 0 Å². The van der Waals surface area contributed by atoms with Crippen molar-refractivity contribution in [3.63, 3.8) is 0 Å². The van der Waals surface area contributed by atoms with E-state index in [4.69, 9.17) is 5.11 Å². The molecule has 76 valence electrons. The normalized spacial score (nSPS) is 21.3. The molecule has 0 bridgehead atoms. The van der Waals surface area contributed by atoms with Crippen molar-refractivity contribution in [2.45, 2.75) is 57.5 Å². The van der Waals surface area contributed by atoms with Crippen LogP contribution in [0, 0.1) is 0 Å². The molecule has 1 atom stereocenters. The van der Waals surface area contributed by atoms with E-state index in [9.17, 15) is 4.79 Å². The number of rotatable bonds is 4. The zero-order valence-electron chi connectivity index (χ0n) is 8.25. The second-order valence-corrected chi connectivity index (χ2v) is 3.80. The summed E-state index contributed by atoms with van der Waals surface area (Å²) in [4.78, 5) is 10.7. The lowest BCUT2D eigenvalue weighted by Crippen LogP contribution is -2.43. The molecule has 1 saturated carbocycles. The third-order valence-electron chi connectivity index (χ3n) is 2.75. The number of aliphatic carboxylic acids is 1. The molecule has 1 rings (SSSR count). The van der Waals surface area contributed by atoms with Crippen molar-refractivity contribution in [1.29, 1.82) is 0 Å². The summed E-state index contributed by atoms with van der Waals surface area (Å²) < 4.78 is 0. The first kappa shape index (κ1) is 10.5. The summed E-state index contributed by atoms with van der Waals surface area (Å²) in [6.07, 6.45) is 6.75. The molecule has 0 heterocycles. The summed E-state index contributed by atoms with van der Waals surface area (Å²) in [7, 11) is 0. The first-order valence-electron chi connectivity index (χ1n) is 5.23. The second-order valence-electron chi connectivity index (χ2n) is 3.80. The van der Waals surface area contributed by atoms with E-state index >= 15 is 0 Å². The predicted octanol–water partition coefficient (Wildman–Crippen LogP) is 1.77. The van der Waals surface area contributed by atoms with Crippen LogP contribution in [0.2, 0.25) is 0 Å². The summed E-state index contributed by atoms with van der Waals surface area (Å²) in [5.41, 5.74) is 0. The number of carbonyl (C=O) groups is 1. The minimum atomic E-state index is -0.715. The van der Waals surface area contributed by atoms with E-state index < -0.39 is 5.97 Å². The Morgan fingerprint density at radius 2 is 2.08 bits per heavy atom. The fraction of sp³-hybridized carbons (Fsp3) is 0.900. The maximum atomic E-state index is 10.7. The molecule has 13 heavy (non-hydrogen) atoms. The van der Waals surface area contributed by atoms with Gasteiger partial charge in [0.05, 0.1) is 0 Å². The van der Waals surface area contributed by atoms with E-state index in [0.29, 0.717) is 12.5 Å². The second kappa shape index (κ2) is 5.22. The molecule has 0 amide bonds. The number of hydrogen-bond acceptors (Lipinski definition) is 2. The molecular formula is C10H19NO2. The third kappa shape index (κ3) is 3.35. The van der Waals surface area contributed by atoms with Crippen molar-refractivity contribution in [3.05, 3.63) is 0 Å². The molecule has 1 aliphatic rings. The molecule has 0 aromatic heterocycles. The van der Waals surface area contributed by atoms with Crippen molar-refractivity contribution < 1.29 is 9.90 Å². The van der Waals surface area contributed by atoms with Crippen LogP contribution in [-0.4, -0.2) is 23.2 Å². The fourth-order valence-corrected chi connectivity index (χ4v) is 1.92. The van der Waals surface area contributed by atoms with Crippen LogP contribution in [0.4, 0.5) is 0 Å². The average Bonchev–Trinajstić information content (AvgIpc) is 2.15. The van der Waals surface area contributed by atoms with Crippen molar-refractivity contribution >= 4 is 5.97 Å². The largest absolute Gasteiger partial charge is 0.480 e. The Balaban J connectivity index is 2.31. The molecule has 3 nitrogen and oxygen atoms in total. The molecule has 0 saturated heterocycles. The van der Waals surface area contributed by atoms with Gasteiger partial charge in [0.25, 0.3) is 0 Å². The number of carboxylic acids is 1. The van der Waals surface area contributed by atoms with Gasteiger partial charge in [0.15, 0.2) is 0 Å². The van der Waals surface area contributed by atoms with Crippen LogP contribution < -0.4 is 5.32 Å². The first-order chi connectivity index (χ1) is 6.24. The molecule has 0 radical (unpaired) electrons. The topological polar surface area (TPSA) is 49.3 Å². The third-order valence-corrected chi connectivity index (χ3v) is 2.75. The maximum Gasteiger partial charge on any atom is 0.320 e. The molecule has 2 N–H and O–H groups in total. The molecule has 0 aromatic carbocycles. The highest BCUT2D eigenvalue weighted by Gasteiger charge is 2.20. The van der Waals surface area contributed by atoms with Crippen LogP contribution in [0.1, 0.15) is 45.4 Å². The van der Waals surface area contributed by atoms with Crippen LogP contribution in [0.5, 0.6) is 0 Å². The lowest BCUT2D eigenvalue weighted by Gasteiger charge is -2.25. The molecule has 0 aliphatic heterocycles. The summed E-state index contributed by atoms with van der Waals surface area (Å²) in [5.74, 6) is -0.715. The van der Waals surface area contributed by atoms with Crippen LogP contribution in [-0.2, 0) is 4.79 Å². The van der Waals surface area contributed by atoms with Crippen LogP contribution >= 0.6 is 0 Å². The Kier molecular flexibility index (Phi) is 4.22. The number of carboxylic acid groups (broad SMARTS) is 1. The van der Waals surface area contributed by atoms with Crippen LogP contribution in [0.3, 0.4) is 0 Å². The predicted molar refractivity (Wildman–Crippen MR) is 51.7 cm³/mol. The highest BCUT2D eigenvalue weighted by molar-refractivity contribution is 5.73. The lowest BCUT2D eigenvalue weighted by molar-refractivity contribution is -0.139. The van der Waals surface area contributed by atoms with Gasteiger partial charge in [-0.3, -0.25) is 4.79 Å². The summed E-state index contributed by atoms with van der Waals surface area (Å²) in [6.45, 7) is 1.91. The Morgan fingerprint density at radius 3 is 2.54 bits per heavy atom. The summed E-state index contributed by atoms with van der Waals surface area (Å²) in [6, 6.07) is 0.0953. The van der Waals surface area contributed by atoms with Gasteiger partial charge in [0, 0.05) is 6.04 Å². The standard InChI is InChI=1S/C10H19NO2/c1-2-9(10(12)13)11-8-6-4-3-5-7-8/h8-9,11H,2-7H2,1H3,(H,12,13).